The summed E-state index contributed by atoms with van der Waals surface area (Å²) in [5, 5.41) is 2.59. The van der Waals surface area contributed by atoms with Crippen molar-refractivity contribution in [3.8, 4) is 5.75 Å². The highest BCUT2D eigenvalue weighted by atomic mass is 32.2. The van der Waals surface area contributed by atoms with E-state index >= 15 is 0 Å². The number of hydrogen-bond acceptors (Lipinski definition) is 5. The minimum absolute atomic E-state index is 0.484. The first-order chi connectivity index (χ1) is 9.71. The second-order valence-electron chi connectivity index (χ2n) is 3.85. The Morgan fingerprint density at radius 1 is 1.25 bits per heavy atom. The molecule has 0 bridgehead atoms. The number of anilines is 1. The Balaban J connectivity index is 1.88. The van der Waals surface area contributed by atoms with Crippen molar-refractivity contribution in [1.82, 2.24) is 0 Å². The Kier molecular flexibility index (Phi) is 5.31. The highest BCUT2D eigenvalue weighted by molar-refractivity contribution is 8.00. The van der Waals surface area contributed by atoms with Crippen LogP contribution in [0.25, 0.3) is 0 Å². The van der Waals surface area contributed by atoms with Gasteiger partial charge in [0.1, 0.15) is 12.4 Å². The van der Waals surface area contributed by atoms with Crippen LogP contribution >= 0.6 is 23.1 Å². The molecular formula is C14H15NO3S2. The molecule has 0 saturated heterocycles. The molecule has 1 amide bonds. The lowest BCUT2D eigenvalue weighted by Crippen LogP contribution is -2.10. The fourth-order valence-corrected chi connectivity index (χ4v) is 3.01. The van der Waals surface area contributed by atoms with E-state index in [2.05, 4.69) is 28.4 Å². The molecule has 2 aromatic rings. The van der Waals surface area contributed by atoms with Gasteiger partial charge in [0.25, 0.3) is 0 Å². The largest absolute Gasteiger partial charge is 0.488 e. The summed E-state index contributed by atoms with van der Waals surface area (Å²) >= 11 is 3.46. The minimum atomic E-state index is -0.484. The number of ether oxygens (including phenoxy) is 2. The van der Waals surface area contributed by atoms with E-state index in [-0.39, 0.29) is 0 Å². The normalized spacial score (nSPS) is 10.1. The first-order valence-electron chi connectivity index (χ1n) is 5.92. The molecule has 4 nitrogen and oxygen atoms in total. The molecule has 106 valence electrons. The summed E-state index contributed by atoms with van der Waals surface area (Å²) in [6.45, 7) is 0.551. The zero-order valence-corrected chi connectivity index (χ0v) is 12.8. The fraction of sp³-hybridized carbons (Fsp3) is 0.214. The van der Waals surface area contributed by atoms with Crippen LogP contribution in [0.2, 0.25) is 0 Å². The zero-order chi connectivity index (χ0) is 14.4. The molecule has 0 radical (unpaired) electrons. The van der Waals surface area contributed by atoms with Gasteiger partial charge in [-0.1, -0.05) is 0 Å². The molecule has 0 aliphatic carbocycles. The Morgan fingerprint density at radius 3 is 2.60 bits per heavy atom. The monoisotopic (exact) mass is 309 g/mol. The first-order valence-corrected chi connectivity index (χ1v) is 7.96. The molecule has 20 heavy (non-hydrogen) atoms. The van der Waals surface area contributed by atoms with E-state index in [9.17, 15) is 4.79 Å². The van der Waals surface area contributed by atoms with Crippen LogP contribution in [0.1, 0.15) is 4.88 Å². The highest BCUT2D eigenvalue weighted by Crippen LogP contribution is 2.26. The van der Waals surface area contributed by atoms with Crippen molar-refractivity contribution in [2.45, 2.75) is 10.8 Å². The molecule has 0 saturated carbocycles. The van der Waals surface area contributed by atoms with Crippen molar-refractivity contribution in [3.63, 3.8) is 0 Å². The molecule has 1 aromatic heterocycles. The van der Waals surface area contributed by atoms with Crippen LogP contribution in [0.5, 0.6) is 5.75 Å². The van der Waals surface area contributed by atoms with E-state index < -0.39 is 6.09 Å². The molecular weight excluding hydrogens is 294 g/mol. The van der Waals surface area contributed by atoms with E-state index in [1.54, 1.807) is 35.2 Å². The van der Waals surface area contributed by atoms with Crippen LogP contribution in [0.3, 0.4) is 0 Å². The third-order valence-corrected chi connectivity index (χ3v) is 4.65. The van der Waals surface area contributed by atoms with Crippen LogP contribution in [0.4, 0.5) is 10.5 Å². The maximum absolute atomic E-state index is 11.0. The molecule has 0 fully saturated rings. The maximum atomic E-state index is 11.0. The van der Waals surface area contributed by atoms with Crippen molar-refractivity contribution in [1.29, 1.82) is 0 Å². The SMILES string of the molecule is COC(=O)Nc1ccc(OCc2ccc(SC)s2)cc1. The van der Waals surface area contributed by atoms with Gasteiger partial charge in [0.2, 0.25) is 0 Å². The number of thioether (sulfide) groups is 1. The Morgan fingerprint density at radius 2 is 2.00 bits per heavy atom. The Hall–Kier alpha value is -1.66. The number of methoxy groups -OCH3 is 1. The molecule has 2 rings (SSSR count). The summed E-state index contributed by atoms with van der Waals surface area (Å²) in [4.78, 5) is 12.2. The summed E-state index contributed by atoms with van der Waals surface area (Å²) in [6, 6.07) is 11.3. The molecule has 1 N–H and O–H groups in total. The molecule has 1 aromatic carbocycles. The molecule has 0 aliphatic rings. The van der Waals surface area contributed by atoms with Crippen molar-refractivity contribution in [2.24, 2.45) is 0 Å². The van der Waals surface area contributed by atoms with Crippen molar-refractivity contribution >= 4 is 34.9 Å². The Labute approximate surface area is 126 Å². The van der Waals surface area contributed by atoms with Gasteiger partial charge in [-0.3, -0.25) is 5.32 Å². The highest BCUT2D eigenvalue weighted by Gasteiger charge is 2.02. The van der Waals surface area contributed by atoms with E-state index in [0.717, 1.165) is 5.75 Å². The molecule has 0 atom stereocenters. The van der Waals surface area contributed by atoms with Gasteiger partial charge in [0, 0.05) is 10.6 Å². The summed E-state index contributed by atoms with van der Waals surface area (Å²) in [7, 11) is 1.33. The van der Waals surface area contributed by atoms with E-state index in [1.165, 1.54) is 16.2 Å². The van der Waals surface area contributed by atoms with Crippen molar-refractivity contribution in [3.05, 3.63) is 41.3 Å². The van der Waals surface area contributed by atoms with Gasteiger partial charge in [0.05, 0.1) is 11.3 Å². The third kappa shape index (κ3) is 4.18. The van der Waals surface area contributed by atoms with Crippen LogP contribution in [0.15, 0.2) is 40.6 Å². The number of hydrogen-bond donors (Lipinski definition) is 1. The van der Waals surface area contributed by atoms with Gasteiger partial charge < -0.3 is 9.47 Å². The number of benzene rings is 1. The number of nitrogens with one attached hydrogen (secondary N) is 1. The third-order valence-electron chi connectivity index (χ3n) is 2.51. The number of carbonyl (C=O) groups excluding carboxylic acids is 1. The van der Waals surface area contributed by atoms with E-state index in [1.807, 2.05) is 12.1 Å². The molecule has 1 heterocycles. The topological polar surface area (TPSA) is 47.6 Å². The lowest BCUT2D eigenvalue weighted by atomic mass is 10.3. The second-order valence-corrected chi connectivity index (χ2v) is 6.13. The number of rotatable bonds is 5. The maximum Gasteiger partial charge on any atom is 0.411 e. The lowest BCUT2D eigenvalue weighted by Gasteiger charge is -2.07. The van der Waals surface area contributed by atoms with Crippen molar-refractivity contribution in [2.75, 3.05) is 18.7 Å². The number of amides is 1. The smallest absolute Gasteiger partial charge is 0.411 e. The van der Waals surface area contributed by atoms with Crippen LogP contribution in [0, 0.1) is 0 Å². The summed E-state index contributed by atoms with van der Waals surface area (Å²) < 4.78 is 11.5. The Bertz CT molecular complexity index is 566. The van der Waals surface area contributed by atoms with Gasteiger partial charge in [-0.2, -0.15) is 0 Å². The van der Waals surface area contributed by atoms with Crippen LogP contribution in [-0.4, -0.2) is 19.5 Å². The summed E-state index contributed by atoms with van der Waals surface area (Å²) in [5.41, 5.74) is 0.671. The van der Waals surface area contributed by atoms with Gasteiger partial charge in [-0.15, -0.1) is 23.1 Å². The van der Waals surface area contributed by atoms with E-state index in [4.69, 9.17) is 4.74 Å². The standard InChI is InChI=1S/C14H15NO3S2/c1-17-14(16)15-10-3-5-11(6-4-10)18-9-12-7-8-13(19-2)20-12/h3-8H,9H2,1-2H3,(H,15,16). The average molecular weight is 309 g/mol. The molecule has 6 heteroatoms. The second kappa shape index (κ2) is 7.21. The van der Waals surface area contributed by atoms with Gasteiger partial charge in [-0.05, 0) is 42.7 Å². The average Bonchev–Trinajstić information content (AvgIpc) is 2.94. The number of thiophene rings is 1. The van der Waals surface area contributed by atoms with Gasteiger partial charge in [0.15, 0.2) is 0 Å². The van der Waals surface area contributed by atoms with Crippen LogP contribution < -0.4 is 10.1 Å². The number of carbonyl (C=O) groups is 1. The predicted octanol–water partition coefficient (Wildman–Crippen LogP) is 4.23. The van der Waals surface area contributed by atoms with Crippen molar-refractivity contribution < 1.29 is 14.3 Å². The first kappa shape index (κ1) is 14.7. The van der Waals surface area contributed by atoms with E-state index in [0.29, 0.717) is 12.3 Å². The summed E-state index contributed by atoms with van der Waals surface area (Å²) in [6.07, 6.45) is 1.57. The lowest BCUT2D eigenvalue weighted by molar-refractivity contribution is 0.187. The summed E-state index contributed by atoms with van der Waals surface area (Å²) in [5.74, 6) is 0.763. The predicted molar refractivity (Wildman–Crippen MR) is 82.9 cm³/mol. The van der Waals surface area contributed by atoms with Gasteiger partial charge >= 0.3 is 6.09 Å². The fourth-order valence-electron chi connectivity index (χ4n) is 1.50. The molecule has 0 aliphatic heterocycles. The minimum Gasteiger partial charge on any atom is -0.488 e. The van der Waals surface area contributed by atoms with Crippen LogP contribution in [-0.2, 0) is 11.3 Å². The molecule has 0 spiro atoms. The quantitative estimate of drug-likeness (QED) is 0.840. The zero-order valence-electron chi connectivity index (χ0n) is 11.2. The molecule has 0 unspecified atom stereocenters. The van der Waals surface area contributed by atoms with Gasteiger partial charge in [-0.25, -0.2) is 4.79 Å².